The number of nitrogens with zero attached hydrogens (tertiary/aromatic N) is 1. The van der Waals surface area contributed by atoms with E-state index in [4.69, 9.17) is 4.98 Å². The molecule has 4 aromatic rings. The molecule has 2 aromatic carbocycles. The summed E-state index contributed by atoms with van der Waals surface area (Å²) in [5.74, 6) is 1.10. The van der Waals surface area contributed by atoms with E-state index in [1.54, 1.807) is 4.50 Å². The van der Waals surface area contributed by atoms with E-state index in [1.807, 2.05) is 45.2 Å². The van der Waals surface area contributed by atoms with Crippen LogP contribution in [0.3, 0.4) is 0 Å². The van der Waals surface area contributed by atoms with Gasteiger partial charge in [-0.05, 0) is 76.7 Å². The molecule has 3 nitrogen and oxygen atoms in total. The molecule has 0 aliphatic rings. The molecule has 1 radical (unpaired) electrons. The van der Waals surface area contributed by atoms with Crippen LogP contribution in [0.5, 0.6) is 0 Å². The van der Waals surface area contributed by atoms with Crippen molar-refractivity contribution in [2.45, 2.75) is 151 Å². The van der Waals surface area contributed by atoms with Crippen LogP contribution in [0.2, 0.25) is 16.6 Å². The fourth-order valence-electron chi connectivity index (χ4n) is 8.77. The SMILES string of the molecule is CCC(CC)C(=O)/C=C(\O)C(CC)CC.CCC(CC)c1cc(-c2nccc3c(C)c([Si](C(C)C)(C(C)C)C(C)C)sc23)[c-]c2ccccc12.[Ir]. The van der Waals surface area contributed by atoms with Gasteiger partial charge in [0.15, 0.2) is 5.78 Å². The first kappa shape index (κ1) is 45.0. The van der Waals surface area contributed by atoms with Gasteiger partial charge in [-0.2, -0.15) is 11.3 Å². The zero-order valence-electron chi connectivity index (χ0n) is 33.9. The number of carbonyl (C=O) groups is 1. The van der Waals surface area contributed by atoms with Crippen LogP contribution in [-0.2, 0) is 24.9 Å². The van der Waals surface area contributed by atoms with Crippen LogP contribution >= 0.6 is 11.3 Å². The van der Waals surface area contributed by atoms with Gasteiger partial charge in [-0.3, -0.25) is 9.78 Å². The van der Waals surface area contributed by atoms with Crippen molar-refractivity contribution in [1.29, 1.82) is 0 Å². The second-order valence-electron chi connectivity index (χ2n) is 15.2. The number of aryl methyl sites for hydroxylation is 1. The molecule has 0 unspecified atom stereocenters. The minimum absolute atomic E-state index is 0. The number of allylic oxidation sites excluding steroid dienone is 2. The van der Waals surface area contributed by atoms with E-state index in [-0.39, 0.29) is 43.5 Å². The summed E-state index contributed by atoms with van der Waals surface area (Å²) in [4.78, 5) is 16.7. The second-order valence-corrected chi connectivity index (χ2v) is 22.4. The molecule has 0 saturated heterocycles. The molecule has 0 aliphatic carbocycles. The van der Waals surface area contributed by atoms with Gasteiger partial charge in [0.25, 0.3) is 0 Å². The summed E-state index contributed by atoms with van der Waals surface area (Å²) in [6, 6.07) is 17.2. The van der Waals surface area contributed by atoms with Gasteiger partial charge in [-0.1, -0.05) is 125 Å². The number of aliphatic hydroxyl groups excluding tert-OH is 1. The molecule has 1 N–H and O–H groups in total. The van der Waals surface area contributed by atoms with Crippen LogP contribution in [0.1, 0.15) is 139 Å². The number of hydrogen-bond acceptors (Lipinski definition) is 4. The summed E-state index contributed by atoms with van der Waals surface area (Å²) < 4.78 is 3.03. The van der Waals surface area contributed by atoms with Crippen molar-refractivity contribution < 1.29 is 30.0 Å². The summed E-state index contributed by atoms with van der Waals surface area (Å²) in [6.07, 6.45) is 9.22. The average Bonchev–Trinajstić information content (AvgIpc) is 3.42. The summed E-state index contributed by atoms with van der Waals surface area (Å²) in [5, 5.41) is 13.7. The maximum atomic E-state index is 11.7. The van der Waals surface area contributed by atoms with Crippen molar-refractivity contribution in [3.05, 3.63) is 71.6 Å². The summed E-state index contributed by atoms with van der Waals surface area (Å²) in [6.45, 7) is 29.9. The smallest absolute Gasteiger partial charge is 0.162 e. The Hall–Kier alpha value is -2.11. The monoisotopic (exact) mass is 905 g/mol. The molecular formula is C45H66IrNO2SSi-. The molecule has 283 valence electrons. The van der Waals surface area contributed by atoms with Crippen molar-refractivity contribution in [1.82, 2.24) is 4.98 Å². The summed E-state index contributed by atoms with van der Waals surface area (Å²) in [5.41, 5.74) is 7.28. The average molecular weight is 905 g/mol. The van der Waals surface area contributed by atoms with E-state index in [1.165, 1.54) is 38.1 Å². The van der Waals surface area contributed by atoms with E-state index in [9.17, 15) is 9.90 Å². The van der Waals surface area contributed by atoms with Gasteiger partial charge in [-0.25, -0.2) is 0 Å². The fourth-order valence-corrected chi connectivity index (χ4v) is 19.3. The first-order valence-corrected chi connectivity index (χ1v) is 22.6. The zero-order valence-corrected chi connectivity index (χ0v) is 38.1. The molecule has 0 spiro atoms. The summed E-state index contributed by atoms with van der Waals surface area (Å²) >= 11 is 2.05. The molecule has 4 rings (SSSR count). The van der Waals surface area contributed by atoms with Crippen molar-refractivity contribution >= 4 is 50.6 Å². The number of ketones is 1. The largest absolute Gasteiger partial charge is 0.512 e. The molecule has 0 amide bonds. The van der Waals surface area contributed by atoms with E-state index < -0.39 is 8.07 Å². The number of carbonyl (C=O) groups excluding carboxylic acids is 1. The third kappa shape index (κ3) is 9.52. The Labute approximate surface area is 329 Å². The standard InChI is InChI=1S/C32H42NSSi.C13H24O2.Ir/c1-10-24(11-2)29-19-26(18-25-14-12-13-15-28(25)29)30-31-27(16-17-33-30)23(9)32(34-31)35(20(3)4,21(5)6)22(7)8;1-5-10(6-2)12(14)9-13(15)11(7-3)8-4;/h12-17,19-22,24H,10-11H2,1-9H3;9-11,14H,5-8H2,1-4H3;/q-1;;/b;12-9-;. The minimum Gasteiger partial charge on any atom is -0.512 e. The molecule has 2 aromatic heterocycles. The molecular weight excluding hydrogens is 839 g/mol. The number of benzene rings is 2. The van der Waals surface area contributed by atoms with Crippen LogP contribution in [0, 0.1) is 24.8 Å². The molecule has 0 aliphatic heterocycles. The Morgan fingerprint density at radius 1 is 0.824 bits per heavy atom. The molecule has 0 atom stereocenters. The second kappa shape index (κ2) is 20.4. The number of fused-ring (bicyclic) bond motifs is 2. The van der Waals surface area contributed by atoms with Gasteiger partial charge in [0, 0.05) is 54.6 Å². The summed E-state index contributed by atoms with van der Waals surface area (Å²) in [7, 11) is -1.76. The number of thiophene rings is 1. The van der Waals surface area contributed by atoms with Crippen molar-refractivity contribution in [2.75, 3.05) is 0 Å². The third-order valence-electron chi connectivity index (χ3n) is 11.7. The van der Waals surface area contributed by atoms with E-state index in [0.717, 1.165) is 49.8 Å². The number of pyridine rings is 1. The van der Waals surface area contributed by atoms with Crippen molar-refractivity contribution in [3.8, 4) is 11.3 Å². The van der Waals surface area contributed by atoms with Gasteiger partial charge in [0.1, 0.15) is 8.07 Å². The first-order chi connectivity index (χ1) is 23.8. The van der Waals surface area contributed by atoms with Crippen molar-refractivity contribution in [2.24, 2.45) is 11.8 Å². The Morgan fingerprint density at radius 2 is 1.37 bits per heavy atom. The molecule has 0 bridgehead atoms. The molecule has 6 heteroatoms. The maximum absolute atomic E-state index is 11.7. The van der Waals surface area contributed by atoms with Crippen LogP contribution < -0.4 is 4.50 Å². The third-order valence-corrected chi connectivity index (χ3v) is 21.1. The van der Waals surface area contributed by atoms with Gasteiger partial charge in [0.2, 0.25) is 0 Å². The van der Waals surface area contributed by atoms with E-state index >= 15 is 0 Å². The van der Waals surface area contributed by atoms with Gasteiger partial charge < -0.3 is 5.11 Å². The van der Waals surface area contributed by atoms with E-state index in [2.05, 4.69) is 105 Å². The number of aromatic nitrogens is 1. The Bertz CT molecular complexity index is 1710. The number of hydrogen-bond donors (Lipinski definition) is 1. The Balaban J connectivity index is 0.000000479. The maximum Gasteiger partial charge on any atom is 0.162 e. The molecule has 0 saturated carbocycles. The predicted octanol–water partition coefficient (Wildman–Crippen LogP) is 13.9. The van der Waals surface area contributed by atoms with Gasteiger partial charge in [0.05, 0.1) is 5.76 Å². The quantitative estimate of drug-likeness (QED) is 0.0560. The fraction of sp³-hybridized carbons (Fsp3) is 0.556. The number of rotatable bonds is 15. The van der Waals surface area contributed by atoms with Crippen molar-refractivity contribution in [3.63, 3.8) is 0 Å². The number of aliphatic hydroxyl groups is 1. The normalized spacial score (nSPS) is 12.5. The topological polar surface area (TPSA) is 50.2 Å². The molecule has 0 fully saturated rings. The Kier molecular flexibility index (Phi) is 18.0. The van der Waals surface area contributed by atoms with E-state index in [0.29, 0.717) is 22.5 Å². The zero-order chi connectivity index (χ0) is 37.3. The van der Waals surface area contributed by atoms with Crippen LogP contribution in [0.4, 0.5) is 0 Å². The minimum atomic E-state index is -1.76. The Morgan fingerprint density at radius 3 is 1.88 bits per heavy atom. The first-order valence-electron chi connectivity index (χ1n) is 19.6. The van der Waals surface area contributed by atoms with Crippen LogP contribution in [0.25, 0.3) is 32.1 Å². The van der Waals surface area contributed by atoms with Crippen LogP contribution in [0.15, 0.2) is 54.4 Å². The van der Waals surface area contributed by atoms with Crippen LogP contribution in [-0.4, -0.2) is 23.9 Å². The molecule has 2 heterocycles. The van der Waals surface area contributed by atoms with Gasteiger partial charge >= 0.3 is 0 Å². The molecule has 51 heavy (non-hydrogen) atoms. The van der Waals surface area contributed by atoms with Gasteiger partial charge in [-0.15, -0.1) is 29.1 Å². The predicted molar refractivity (Wildman–Crippen MR) is 224 cm³/mol.